The van der Waals surface area contributed by atoms with Crippen LogP contribution in [0.25, 0.3) is 0 Å². The van der Waals surface area contributed by atoms with E-state index in [1.807, 2.05) is 6.07 Å². The van der Waals surface area contributed by atoms with Crippen LogP contribution in [0.4, 0.5) is 0 Å². The summed E-state index contributed by atoms with van der Waals surface area (Å²) in [6.07, 6.45) is 2.30. The Kier molecular flexibility index (Phi) is 9.61. The van der Waals surface area contributed by atoms with Gasteiger partial charge in [0.25, 0.3) is 0 Å². The normalized spacial score (nSPS) is 11.8. The van der Waals surface area contributed by atoms with E-state index in [9.17, 15) is 4.79 Å². The van der Waals surface area contributed by atoms with Gasteiger partial charge in [-0.1, -0.05) is 0 Å². The lowest BCUT2D eigenvalue weighted by molar-refractivity contribution is -0.123. The van der Waals surface area contributed by atoms with Crippen LogP contribution in [0.2, 0.25) is 0 Å². The van der Waals surface area contributed by atoms with Crippen LogP contribution < -0.4 is 16.4 Å². The molecule has 92 valence electrons. The molecule has 0 saturated carbocycles. The molecule has 0 spiro atoms. The van der Waals surface area contributed by atoms with Crippen LogP contribution in [0.5, 0.6) is 0 Å². The molecule has 1 atom stereocenters. The second-order valence-electron chi connectivity index (χ2n) is 3.45. The molecule has 5 N–H and O–H groups in total. The van der Waals surface area contributed by atoms with Crippen LogP contribution in [0.15, 0.2) is 0 Å². The average molecular weight is 228 g/mol. The number of nitrogens with one attached hydrogen (secondary N) is 2. The molecule has 0 bridgehead atoms. The van der Waals surface area contributed by atoms with E-state index >= 15 is 0 Å². The monoisotopic (exact) mass is 228 g/mol. The highest BCUT2D eigenvalue weighted by Crippen LogP contribution is 1.86. The molecule has 0 aromatic rings. The zero-order valence-electron chi connectivity index (χ0n) is 9.41. The number of hydrogen-bond donors (Lipinski definition) is 4. The van der Waals surface area contributed by atoms with Crippen molar-refractivity contribution in [1.29, 1.82) is 5.26 Å². The summed E-state index contributed by atoms with van der Waals surface area (Å²) < 4.78 is 0. The largest absolute Gasteiger partial charge is 0.394 e. The molecular formula is C10H20N4O2. The minimum Gasteiger partial charge on any atom is -0.394 e. The first-order valence-electron chi connectivity index (χ1n) is 5.44. The molecule has 0 heterocycles. The van der Waals surface area contributed by atoms with Crippen molar-refractivity contribution < 1.29 is 9.90 Å². The maximum atomic E-state index is 11.1. The van der Waals surface area contributed by atoms with Gasteiger partial charge in [-0.2, -0.15) is 5.26 Å². The van der Waals surface area contributed by atoms with Gasteiger partial charge in [0.05, 0.1) is 12.7 Å². The molecule has 0 aliphatic carbocycles. The third kappa shape index (κ3) is 8.17. The maximum Gasteiger partial charge on any atom is 0.239 e. The zero-order valence-corrected chi connectivity index (χ0v) is 9.41. The van der Waals surface area contributed by atoms with E-state index in [0.29, 0.717) is 19.5 Å². The van der Waals surface area contributed by atoms with Crippen molar-refractivity contribution in [3.63, 3.8) is 0 Å². The predicted octanol–water partition coefficient (Wildman–Crippen LogP) is -1.29. The summed E-state index contributed by atoms with van der Waals surface area (Å²) in [5.41, 5.74) is 5.31. The first-order chi connectivity index (χ1) is 7.72. The number of carbonyl (C=O) groups is 1. The average Bonchev–Trinajstić information content (AvgIpc) is 2.31. The molecule has 0 aliphatic rings. The molecule has 0 unspecified atom stereocenters. The summed E-state index contributed by atoms with van der Waals surface area (Å²) >= 11 is 0. The van der Waals surface area contributed by atoms with Crippen LogP contribution in [0, 0.1) is 11.3 Å². The van der Waals surface area contributed by atoms with Crippen molar-refractivity contribution in [2.75, 3.05) is 26.2 Å². The number of nitrogens with zero attached hydrogens (tertiary/aromatic N) is 1. The number of hydrogen-bond acceptors (Lipinski definition) is 5. The number of carbonyl (C=O) groups excluding carboxylic acids is 1. The number of aliphatic hydroxyl groups is 1. The summed E-state index contributed by atoms with van der Waals surface area (Å²) in [7, 11) is 0. The number of nitrogens with two attached hydrogens (primary N) is 1. The van der Waals surface area contributed by atoms with Crippen LogP contribution >= 0.6 is 0 Å². The van der Waals surface area contributed by atoms with Gasteiger partial charge in [0.15, 0.2) is 0 Å². The summed E-state index contributed by atoms with van der Waals surface area (Å²) in [5.74, 6) is -0.320. The molecule has 0 saturated heterocycles. The first-order valence-corrected chi connectivity index (χ1v) is 5.44. The van der Waals surface area contributed by atoms with Gasteiger partial charge in [-0.25, -0.2) is 0 Å². The SMILES string of the molecule is N#CCCNCCCCNC(=O)[C@@H](N)CO. The molecular weight excluding hydrogens is 208 g/mol. The van der Waals surface area contributed by atoms with Crippen molar-refractivity contribution in [1.82, 2.24) is 10.6 Å². The van der Waals surface area contributed by atoms with Gasteiger partial charge >= 0.3 is 0 Å². The molecule has 0 fully saturated rings. The fraction of sp³-hybridized carbons (Fsp3) is 0.800. The number of nitriles is 1. The minimum atomic E-state index is -0.825. The highest BCUT2D eigenvalue weighted by molar-refractivity contribution is 5.81. The third-order valence-electron chi connectivity index (χ3n) is 2.03. The number of amides is 1. The second kappa shape index (κ2) is 10.4. The van der Waals surface area contributed by atoms with Gasteiger partial charge in [0.2, 0.25) is 5.91 Å². The Morgan fingerprint density at radius 2 is 2.06 bits per heavy atom. The van der Waals surface area contributed by atoms with E-state index in [1.165, 1.54) is 0 Å². The fourth-order valence-corrected chi connectivity index (χ4v) is 1.07. The van der Waals surface area contributed by atoms with Crippen LogP contribution in [-0.4, -0.2) is 43.3 Å². The van der Waals surface area contributed by atoms with Gasteiger partial charge < -0.3 is 21.5 Å². The van der Waals surface area contributed by atoms with Crippen LogP contribution in [-0.2, 0) is 4.79 Å². The summed E-state index contributed by atoms with van der Waals surface area (Å²) in [4.78, 5) is 11.1. The molecule has 0 aromatic carbocycles. The number of aliphatic hydroxyl groups excluding tert-OH is 1. The molecule has 1 amide bonds. The molecule has 0 radical (unpaired) electrons. The molecule has 0 aromatic heterocycles. The summed E-state index contributed by atoms with van der Waals surface area (Å²) in [5, 5.41) is 22.6. The van der Waals surface area contributed by atoms with E-state index in [-0.39, 0.29) is 12.5 Å². The maximum absolute atomic E-state index is 11.1. The van der Waals surface area contributed by atoms with Crippen molar-refractivity contribution in [3.05, 3.63) is 0 Å². The summed E-state index contributed by atoms with van der Waals surface area (Å²) in [6.45, 7) is 1.77. The molecule has 6 nitrogen and oxygen atoms in total. The highest BCUT2D eigenvalue weighted by Gasteiger charge is 2.09. The number of unbranched alkanes of at least 4 members (excludes halogenated alkanes) is 1. The molecule has 0 aliphatic heterocycles. The smallest absolute Gasteiger partial charge is 0.239 e. The lowest BCUT2D eigenvalue weighted by Crippen LogP contribution is -2.43. The van der Waals surface area contributed by atoms with E-state index in [2.05, 4.69) is 10.6 Å². The highest BCUT2D eigenvalue weighted by atomic mass is 16.3. The molecule has 6 heteroatoms. The Morgan fingerprint density at radius 1 is 1.38 bits per heavy atom. The molecule has 16 heavy (non-hydrogen) atoms. The molecule has 0 rings (SSSR count). The Bertz CT molecular complexity index is 227. The van der Waals surface area contributed by atoms with Gasteiger partial charge in [-0.3, -0.25) is 4.79 Å². The lowest BCUT2D eigenvalue weighted by Gasteiger charge is -2.09. The fourth-order valence-electron chi connectivity index (χ4n) is 1.07. The first kappa shape index (κ1) is 14.8. The quantitative estimate of drug-likeness (QED) is 0.367. The number of rotatable bonds is 9. The van der Waals surface area contributed by atoms with Crippen molar-refractivity contribution in [2.24, 2.45) is 5.73 Å². The van der Waals surface area contributed by atoms with Crippen molar-refractivity contribution in [2.45, 2.75) is 25.3 Å². The van der Waals surface area contributed by atoms with E-state index in [1.54, 1.807) is 0 Å². The van der Waals surface area contributed by atoms with Crippen molar-refractivity contribution in [3.8, 4) is 6.07 Å². The zero-order chi connectivity index (χ0) is 12.2. The Morgan fingerprint density at radius 3 is 2.69 bits per heavy atom. The predicted molar refractivity (Wildman–Crippen MR) is 60.4 cm³/mol. The lowest BCUT2D eigenvalue weighted by atomic mass is 10.2. The van der Waals surface area contributed by atoms with Crippen LogP contribution in [0.3, 0.4) is 0 Å². The Hall–Kier alpha value is -1.16. The van der Waals surface area contributed by atoms with Gasteiger partial charge in [0, 0.05) is 19.5 Å². The van der Waals surface area contributed by atoms with Gasteiger partial charge in [-0.05, 0) is 19.4 Å². The summed E-state index contributed by atoms with van der Waals surface area (Å²) in [6, 6.07) is 1.22. The topological polar surface area (TPSA) is 111 Å². The van der Waals surface area contributed by atoms with E-state index in [4.69, 9.17) is 16.1 Å². The van der Waals surface area contributed by atoms with E-state index < -0.39 is 6.04 Å². The third-order valence-corrected chi connectivity index (χ3v) is 2.03. The Labute approximate surface area is 95.8 Å². The van der Waals surface area contributed by atoms with Gasteiger partial charge in [0.1, 0.15) is 6.04 Å². The second-order valence-corrected chi connectivity index (χ2v) is 3.45. The van der Waals surface area contributed by atoms with Crippen LogP contribution in [0.1, 0.15) is 19.3 Å². The van der Waals surface area contributed by atoms with E-state index in [0.717, 1.165) is 19.4 Å². The Balaban J connectivity index is 3.21. The standard InChI is InChI=1S/C10H20N4O2/c11-4-3-6-13-5-1-2-7-14-10(16)9(12)8-15/h9,13,15H,1-3,5-8,12H2,(H,14,16)/t9-/m0/s1. The van der Waals surface area contributed by atoms with Gasteiger partial charge in [-0.15, -0.1) is 0 Å². The minimum absolute atomic E-state index is 0.320. The van der Waals surface area contributed by atoms with Crippen molar-refractivity contribution >= 4 is 5.91 Å².